The lowest BCUT2D eigenvalue weighted by Crippen LogP contribution is -2.35. The Morgan fingerprint density at radius 2 is 1.70 bits per heavy atom. The van der Waals surface area contributed by atoms with E-state index in [0.717, 1.165) is 24.1 Å². The lowest BCUT2D eigenvalue weighted by atomic mass is 9.98. The topological polar surface area (TPSA) is 80.1 Å². The van der Waals surface area contributed by atoms with Gasteiger partial charge >= 0.3 is 5.97 Å². The number of esters is 1. The normalized spacial score (nSPS) is 15.7. The summed E-state index contributed by atoms with van der Waals surface area (Å²) >= 11 is 0. The molecule has 0 spiro atoms. The van der Waals surface area contributed by atoms with Gasteiger partial charge in [-0.2, -0.15) is 0 Å². The van der Waals surface area contributed by atoms with Crippen molar-refractivity contribution in [3.63, 3.8) is 0 Å². The number of ketones is 1. The summed E-state index contributed by atoms with van der Waals surface area (Å²) in [5.74, 6) is 0.300. The zero-order chi connectivity index (χ0) is 22.9. The molecule has 2 aliphatic rings. The minimum atomic E-state index is -0.496. The van der Waals surface area contributed by atoms with Gasteiger partial charge in [0.2, 0.25) is 5.76 Å². The Labute approximate surface area is 191 Å². The van der Waals surface area contributed by atoms with Crippen LogP contribution in [0.15, 0.2) is 59.0 Å². The molecule has 1 aliphatic carbocycles. The highest BCUT2D eigenvalue weighted by atomic mass is 16.5. The summed E-state index contributed by atoms with van der Waals surface area (Å²) in [6.07, 6.45) is 0.820. The van der Waals surface area contributed by atoms with E-state index in [2.05, 4.69) is 4.90 Å². The number of furan rings is 1. The molecule has 5 rings (SSSR count). The van der Waals surface area contributed by atoms with Crippen molar-refractivity contribution in [2.45, 2.75) is 13.0 Å². The maximum absolute atomic E-state index is 13.5. The van der Waals surface area contributed by atoms with E-state index in [9.17, 15) is 14.4 Å². The van der Waals surface area contributed by atoms with Crippen LogP contribution in [0.4, 0.5) is 0 Å². The molecule has 168 valence electrons. The van der Waals surface area contributed by atoms with Crippen molar-refractivity contribution in [3.8, 4) is 11.1 Å². The maximum Gasteiger partial charge on any atom is 0.373 e. The molecule has 1 amide bonds. The quantitative estimate of drug-likeness (QED) is 0.447. The van der Waals surface area contributed by atoms with Gasteiger partial charge in [0.1, 0.15) is 5.76 Å². The first-order valence-electron chi connectivity index (χ1n) is 11.0. The minimum Gasteiger partial charge on any atom is -0.463 e. The van der Waals surface area contributed by atoms with E-state index in [0.29, 0.717) is 48.6 Å². The average molecular weight is 444 g/mol. The lowest BCUT2D eigenvalue weighted by molar-refractivity contribution is 0.0560. The van der Waals surface area contributed by atoms with Gasteiger partial charge in [-0.05, 0) is 30.2 Å². The second kappa shape index (κ2) is 8.67. The highest BCUT2D eigenvalue weighted by Crippen LogP contribution is 2.39. The van der Waals surface area contributed by atoms with Crippen LogP contribution >= 0.6 is 0 Å². The van der Waals surface area contributed by atoms with Crippen LogP contribution < -0.4 is 0 Å². The van der Waals surface area contributed by atoms with Gasteiger partial charge in [-0.25, -0.2) is 4.79 Å². The zero-order valence-electron chi connectivity index (χ0n) is 18.4. The molecule has 2 aromatic carbocycles. The molecular formula is C26H24N2O5. The molecule has 0 bridgehead atoms. The van der Waals surface area contributed by atoms with E-state index in [1.165, 1.54) is 7.11 Å². The van der Waals surface area contributed by atoms with E-state index >= 15 is 0 Å². The van der Waals surface area contributed by atoms with Gasteiger partial charge in [0.15, 0.2) is 5.78 Å². The molecule has 2 heterocycles. The number of benzene rings is 2. The Balaban J connectivity index is 1.32. The summed E-state index contributed by atoms with van der Waals surface area (Å²) in [7, 11) is 1.32. The van der Waals surface area contributed by atoms with Gasteiger partial charge in [-0.3, -0.25) is 14.5 Å². The van der Waals surface area contributed by atoms with Crippen molar-refractivity contribution in [1.29, 1.82) is 0 Å². The number of carbonyl (C=O) groups excluding carboxylic acids is 3. The number of hydrogen-bond acceptors (Lipinski definition) is 6. The van der Waals surface area contributed by atoms with Crippen molar-refractivity contribution in [3.05, 3.63) is 82.8 Å². The number of methoxy groups -OCH3 is 1. The third-order valence-corrected chi connectivity index (χ3v) is 6.28. The van der Waals surface area contributed by atoms with Crippen molar-refractivity contribution < 1.29 is 23.5 Å². The summed E-state index contributed by atoms with van der Waals surface area (Å²) in [5.41, 5.74) is 3.40. The first-order chi connectivity index (χ1) is 16.1. The fourth-order valence-corrected chi connectivity index (χ4v) is 4.65. The smallest absolute Gasteiger partial charge is 0.373 e. The van der Waals surface area contributed by atoms with Gasteiger partial charge in [0.05, 0.1) is 13.7 Å². The molecule has 0 atom stereocenters. The summed E-state index contributed by atoms with van der Waals surface area (Å²) in [5, 5.41) is 0. The van der Waals surface area contributed by atoms with Crippen LogP contribution in [-0.2, 0) is 11.3 Å². The van der Waals surface area contributed by atoms with E-state index in [1.54, 1.807) is 24.3 Å². The molecule has 33 heavy (non-hydrogen) atoms. The van der Waals surface area contributed by atoms with Crippen LogP contribution in [-0.4, -0.2) is 60.7 Å². The predicted octanol–water partition coefficient (Wildman–Crippen LogP) is 3.63. The number of nitrogens with zero attached hydrogens (tertiary/aromatic N) is 2. The van der Waals surface area contributed by atoms with Gasteiger partial charge in [-0.15, -0.1) is 0 Å². The van der Waals surface area contributed by atoms with Crippen molar-refractivity contribution in [1.82, 2.24) is 9.80 Å². The van der Waals surface area contributed by atoms with E-state index in [-0.39, 0.29) is 17.5 Å². The number of amides is 1. The van der Waals surface area contributed by atoms with Crippen molar-refractivity contribution in [2.24, 2.45) is 0 Å². The fourth-order valence-electron chi connectivity index (χ4n) is 4.65. The Morgan fingerprint density at radius 3 is 2.52 bits per heavy atom. The maximum atomic E-state index is 13.5. The Kier molecular flexibility index (Phi) is 5.56. The van der Waals surface area contributed by atoms with Crippen LogP contribution in [0.5, 0.6) is 0 Å². The third-order valence-electron chi connectivity index (χ3n) is 6.28. The third kappa shape index (κ3) is 3.85. The Bertz CT molecular complexity index is 1240. The zero-order valence-corrected chi connectivity index (χ0v) is 18.4. The number of hydrogen-bond donors (Lipinski definition) is 0. The number of ether oxygens (including phenoxy) is 1. The van der Waals surface area contributed by atoms with E-state index < -0.39 is 5.97 Å². The monoisotopic (exact) mass is 444 g/mol. The molecule has 1 saturated heterocycles. The number of rotatable bonds is 4. The summed E-state index contributed by atoms with van der Waals surface area (Å²) < 4.78 is 10.3. The predicted molar refractivity (Wildman–Crippen MR) is 121 cm³/mol. The first kappa shape index (κ1) is 21.2. The molecule has 1 fully saturated rings. The first-order valence-corrected chi connectivity index (χ1v) is 11.0. The van der Waals surface area contributed by atoms with Crippen LogP contribution in [0, 0.1) is 0 Å². The second-order valence-corrected chi connectivity index (χ2v) is 8.28. The standard InChI is InChI=1S/C26H24N2O5/c1-32-26(31)22-11-10-17(33-22)16-27-12-5-13-28(15-14-27)25(30)21-9-4-8-20-23(21)18-6-2-3-7-19(18)24(20)29/h2-4,6-11H,5,12-16H2,1H3. The fraction of sp³-hybridized carbons (Fsp3) is 0.269. The summed E-state index contributed by atoms with van der Waals surface area (Å²) in [6.45, 7) is 3.27. The molecule has 0 unspecified atom stereocenters. The van der Waals surface area contributed by atoms with Crippen LogP contribution in [0.3, 0.4) is 0 Å². The van der Waals surface area contributed by atoms with Gasteiger partial charge < -0.3 is 14.1 Å². The second-order valence-electron chi connectivity index (χ2n) is 8.28. The molecule has 0 N–H and O–H groups in total. The largest absolute Gasteiger partial charge is 0.463 e. The lowest BCUT2D eigenvalue weighted by Gasteiger charge is -2.22. The van der Waals surface area contributed by atoms with Crippen LogP contribution in [0.25, 0.3) is 11.1 Å². The van der Waals surface area contributed by atoms with Crippen molar-refractivity contribution in [2.75, 3.05) is 33.3 Å². The van der Waals surface area contributed by atoms with Gasteiger partial charge in [0.25, 0.3) is 5.91 Å². The highest BCUT2D eigenvalue weighted by Gasteiger charge is 2.32. The van der Waals surface area contributed by atoms with E-state index in [4.69, 9.17) is 9.15 Å². The number of fused-ring (bicyclic) bond motifs is 3. The Hall–Kier alpha value is -3.71. The average Bonchev–Trinajstić information content (AvgIpc) is 3.34. The molecule has 7 nitrogen and oxygen atoms in total. The Morgan fingerprint density at radius 1 is 0.909 bits per heavy atom. The molecule has 3 aromatic rings. The summed E-state index contributed by atoms with van der Waals surface area (Å²) in [6, 6.07) is 16.3. The van der Waals surface area contributed by atoms with Crippen LogP contribution in [0.2, 0.25) is 0 Å². The molecule has 0 saturated carbocycles. The SMILES string of the molecule is COC(=O)c1ccc(CN2CCCN(C(=O)c3cccc4c3-c3ccccc3C4=O)CC2)o1. The van der Waals surface area contributed by atoms with Crippen LogP contribution in [0.1, 0.15) is 49.0 Å². The molecule has 1 aromatic heterocycles. The van der Waals surface area contributed by atoms with E-state index in [1.807, 2.05) is 35.2 Å². The molecule has 7 heteroatoms. The molecule has 0 radical (unpaired) electrons. The summed E-state index contributed by atoms with van der Waals surface area (Å²) in [4.78, 5) is 42.0. The molecular weight excluding hydrogens is 420 g/mol. The molecule has 1 aliphatic heterocycles. The van der Waals surface area contributed by atoms with Gasteiger partial charge in [0, 0.05) is 48.4 Å². The van der Waals surface area contributed by atoms with Gasteiger partial charge in [-0.1, -0.05) is 36.4 Å². The minimum absolute atomic E-state index is 0.0259. The number of carbonyl (C=O) groups is 3. The highest BCUT2D eigenvalue weighted by molar-refractivity contribution is 6.24. The van der Waals surface area contributed by atoms with Crippen molar-refractivity contribution >= 4 is 17.7 Å².